The first-order valence-electron chi connectivity index (χ1n) is 11.9. The molecule has 6 atom stereocenters. The minimum absolute atomic E-state index is 0.0508. The lowest BCUT2D eigenvalue weighted by atomic mass is 9.63. The lowest BCUT2D eigenvalue weighted by Gasteiger charge is -2.37. The second-order valence-corrected chi connectivity index (χ2v) is 10.5. The van der Waals surface area contributed by atoms with Crippen molar-refractivity contribution in [3.05, 3.63) is 29.7 Å². The number of imide groups is 1. The predicted octanol–water partition coefficient (Wildman–Crippen LogP) is 3.57. The zero-order valence-corrected chi connectivity index (χ0v) is 18.5. The van der Waals surface area contributed by atoms with E-state index in [9.17, 15) is 9.59 Å². The van der Waals surface area contributed by atoms with E-state index in [1.807, 2.05) is 0 Å². The maximum atomic E-state index is 13.0. The van der Waals surface area contributed by atoms with Gasteiger partial charge in [0.25, 0.3) is 0 Å². The molecule has 31 heavy (non-hydrogen) atoms. The Morgan fingerprint density at radius 3 is 2.29 bits per heavy atom. The first-order valence-corrected chi connectivity index (χ1v) is 12.3. The minimum Gasteiger partial charge on any atom is -0.355 e. The van der Waals surface area contributed by atoms with Gasteiger partial charge in [-0.2, -0.15) is 0 Å². The molecule has 2 amide bonds. The first kappa shape index (κ1) is 19.7. The molecule has 2 aliphatic heterocycles. The zero-order chi connectivity index (χ0) is 21.1. The highest BCUT2D eigenvalue weighted by Crippen LogP contribution is 2.65. The number of carbonyl (C=O) groups excluding carboxylic acids is 2. The fraction of sp³-hybridized carbons (Fsp3) is 0.667. The molecule has 2 saturated carbocycles. The van der Waals surface area contributed by atoms with Crippen LogP contribution in [0.15, 0.2) is 24.5 Å². The van der Waals surface area contributed by atoms with Crippen LogP contribution in [0.2, 0.25) is 5.15 Å². The fourth-order valence-electron chi connectivity index (χ4n) is 6.88. The normalized spacial score (nSPS) is 36.2. The Bertz CT molecular complexity index is 892. The third-order valence-corrected chi connectivity index (χ3v) is 8.71. The number of hydrogen-bond donors (Lipinski definition) is 0. The molecule has 2 saturated heterocycles. The summed E-state index contributed by atoms with van der Waals surface area (Å²) in [6.07, 6.45) is 14.5. The molecule has 4 fully saturated rings. The van der Waals surface area contributed by atoms with Crippen molar-refractivity contribution in [1.29, 1.82) is 0 Å². The van der Waals surface area contributed by atoms with Crippen molar-refractivity contribution in [3.63, 3.8) is 0 Å². The van der Waals surface area contributed by atoms with E-state index in [4.69, 9.17) is 11.6 Å². The van der Waals surface area contributed by atoms with Gasteiger partial charge in [0.05, 0.1) is 24.2 Å². The quantitative estimate of drug-likeness (QED) is 0.384. The van der Waals surface area contributed by atoms with Crippen LogP contribution in [0.4, 0.5) is 5.82 Å². The molecular formula is C24H29ClN4O2. The topological polar surface area (TPSA) is 66.4 Å². The van der Waals surface area contributed by atoms with Gasteiger partial charge in [0, 0.05) is 19.6 Å². The number of hydrogen-bond acceptors (Lipinski definition) is 5. The molecule has 2 bridgehead atoms. The number of aromatic nitrogens is 2. The van der Waals surface area contributed by atoms with E-state index in [2.05, 4.69) is 27.0 Å². The number of piperidine rings is 1. The highest BCUT2D eigenvalue weighted by molar-refractivity contribution is 6.29. The Kier molecular flexibility index (Phi) is 4.82. The molecule has 0 N–H and O–H groups in total. The standard InChI is InChI=1S/C24H29ClN4O2/c25-19-12-26-13-20(27-19)28-9-6-14(7-10-28)3-1-2-8-29-23(30)21-15-4-5-16(18-11-17(15)18)22(21)24(29)31/h4-5,12-18,21-22H,1-3,6-11H2. The van der Waals surface area contributed by atoms with Crippen LogP contribution in [0.1, 0.15) is 38.5 Å². The molecule has 1 aromatic heterocycles. The average molecular weight is 441 g/mol. The maximum Gasteiger partial charge on any atom is 0.233 e. The van der Waals surface area contributed by atoms with Gasteiger partial charge in [-0.15, -0.1) is 0 Å². The van der Waals surface area contributed by atoms with Crippen LogP contribution in [0.3, 0.4) is 0 Å². The molecule has 164 valence electrons. The highest BCUT2D eigenvalue weighted by Gasteiger charge is 2.66. The molecule has 0 spiro atoms. The van der Waals surface area contributed by atoms with Crippen LogP contribution in [-0.2, 0) is 9.59 Å². The third kappa shape index (κ3) is 3.29. The van der Waals surface area contributed by atoms with Gasteiger partial charge in [0.2, 0.25) is 11.8 Å². The molecule has 4 aliphatic carbocycles. The fourth-order valence-corrected chi connectivity index (χ4v) is 7.02. The lowest BCUT2D eigenvalue weighted by molar-refractivity contribution is -0.140. The maximum absolute atomic E-state index is 13.0. The molecule has 1 aromatic rings. The van der Waals surface area contributed by atoms with Crippen LogP contribution in [0.5, 0.6) is 0 Å². The van der Waals surface area contributed by atoms with Crippen molar-refractivity contribution in [2.24, 2.45) is 41.4 Å². The summed E-state index contributed by atoms with van der Waals surface area (Å²) >= 11 is 5.96. The number of anilines is 1. The SMILES string of the molecule is O=C1C2C3C=CC(C4CC34)C2C(=O)N1CCCCC1CCN(c2cncc(Cl)n2)CC1. The number of rotatable bonds is 6. The van der Waals surface area contributed by atoms with Crippen LogP contribution >= 0.6 is 11.6 Å². The summed E-state index contributed by atoms with van der Waals surface area (Å²) in [5.74, 6) is 3.71. The Morgan fingerprint density at radius 1 is 0.968 bits per heavy atom. The monoisotopic (exact) mass is 440 g/mol. The predicted molar refractivity (Wildman–Crippen MR) is 117 cm³/mol. The summed E-state index contributed by atoms with van der Waals surface area (Å²) < 4.78 is 0. The molecule has 3 heterocycles. The van der Waals surface area contributed by atoms with Crippen LogP contribution < -0.4 is 4.90 Å². The Morgan fingerprint density at radius 2 is 1.65 bits per heavy atom. The molecule has 6 aliphatic rings. The van der Waals surface area contributed by atoms with E-state index in [0.29, 0.717) is 41.3 Å². The van der Waals surface area contributed by atoms with Gasteiger partial charge < -0.3 is 4.90 Å². The summed E-state index contributed by atoms with van der Waals surface area (Å²) in [7, 11) is 0. The van der Waals surface area contributed by atoms with Gasteiger partial charge in [-0.05, 0) is 55.3 Å². The molecule has 0 radical (unpaired) electrons. The van der Waals surface area contributed by atoms with Gasteiger partial charge >= 0.3 is 0 Å². The summed E-state index contributed by atoms with van der Waals surface area (Å²) in [6.45, 7) is 2.56. The molecular weight excluding hydrogens is 412 g/mol. The van der Waals surface area contributed by atoms with E-state index in [0.717, 1.165) is 51.0 Å². The van der Waals surface area contributed by atoms with E-state index in [1.54, 1.807) is 17.3 Å². The molecule has 7 rings (SSSR count). The number of likely N-dealkylation sites (tertiary alicyclic amines) is 1. The minimum atomic E-state index is -0.0508. The number of carbonyl (C=O) groups is 2. The smallest absolute Gasteiger partial charge is 0.233 e. The largest absolute Gasteiger partial charge is 0.355 e. The van der Waals surface area contributed by atoms with Gasteiger partial charge in [0.1, 0.15) is 11.0 Å². The number of nitrogens with zero attached hydrogens (tertiary/aromatic N) is 4. The number of amides is 2. The molecule has 0 aromatic carbocycles. The van der Waals surface area contributed by atoms with Crippen molar-refractivity contribution in [1.82, 2.24) is 14.9 Å². The van der Waals surface area contributed by atoms with Gasteiger partial charge in [-0.1, -0.05) is 36.6 Å². The number of unbranched alkanes of at least 4 members (excludes halogenated alkanes) is 1. The Hall–Kier alpha value is -1.95. The van der Waals surface area contributed by atoms with Crippen LogP contribution in [0, 0.1) is 41.4 Å². The van der Waals surface area contributed by atoms with Crippen LogP contribution in [0.25, 0.3) is 0 Å². The van der Waals surface area contributed by atoms with Crippen molar-refractivity contribution >= 4 is 29.2 Å². The van der Waals surface area contributed by atoms with Crippen LogP contribution in [-0.4, -0.2) is 46.3 Å². The van der Waals surface area contributed by atoms with Crippen molar-refractivity contribution in [2.45, 2.75) is 38.5 Å². The summed E-state index contributed by atoms with van der Waals surface area (Å²) in [5.41, 5.74) is 0. The second kappa shape index (κ2) is 7.58. The van der Waals surface area contributed by atoms with E-state index in [1.165, 1.54) is 6.42 Å². The number of halogens is 1. The van der Waals surface area contributed by atoms with E-state index in [-0.39, 0.29) is 23.7 Å². The molecule has 6 nitrogen and oxygen atoms in total. The molecule has 7 heteroatoms. The first-order chi connectivity index (χ1) is 15.1. The summed E-state index contributed by atoms with van der Waals surface area (Å²) in [4.78, 5) is 38.5. The summed E-state index contributed by atoms with van der Waals surface area (Å²) in [6, 6.07) is 0. The number of allylic oxidation sites excluding steroid dienone is 2. The summed E-state index contributed by atoms with van der Waals surface area (Å²) in [5, 5.41) is 0.436. The van der Waals surface area contributed by atoms with Crippen molar-refractivity contribution in [3.8, 4) is 0 Å². The zero-order valence-electron chi connectivity index (χ0n) is 17.7. The lowest BCUT2D eigenvalue weighted by Crippen LogP contribution is -2.40. The van der Waals surface area contributed by atoms with Crippen molar-refractivity contribution in [2.75, 3.05) is 24.5 Å². The highest BCUT2D eigenvalue weighted by atomic mass is 35.5. The van der Waals surface area contributed by atoms with Gasteiger partial charge in [-0.3, -0.25) is 19.5 Å². The third-order valence-electron chi connectivity index (χ3n) is 8.53. The second-order valence-electron chi connectivity index (χ2n) is 10.1. The van der Waals surface area contributed by atoms with Gasteiger partial charge in [-0.25, -0.2) is 4.98 Å². The Balaban J connectivity index is 0.970. The van der Waals surface area contributed by atoms with Crippen molar-refractivity contribution < 1.29 is 9.59 Å². The average Bonchev–Trinajstić information content (AvgIpc) is 3.57. The molecule has 6 unspecified atom stereocenters. The van der Waals surface area contributed by atoms with E-state index >= 15 is 0 Å². The van der Waals surface area contributed by atoms with E-state index < -0.39 is 0 Å². The van der Waals surface area contributed by atoms with Gasteiger partial charge in [0.15, 0.2) is 0 Å². The Labute approximate surface area is 188 Å².